The van der Waals surface area contributed by atoms with Gasteiger partial charge in [0.15, 0.2) is 0 Å². The Bertz CT molecular complexity index is 527. The molecule has 0 aliphatic rings. The molecule has 0 spiro atoms. The lowest BCUT2D eigenvalue weighted by Gasteiger charge is -2.12. The molecule has 0 heterocycles. The monoisotopic (exact) mass is 303 g/mol. The van der Waals surface area contributed by atoms with Crippen LogP contribution in [0, 0.1) is 0 Å². The third-order valence-corrected chi connectivity index (χ3v) is 2.86. The van der Waals surface area contributed by atoms with Gasteiger partial charge in [-0.2, -0.15) is 13.2 Å². The molecule has 0 saturated heterocycles. The third-order valence-electron chi connectivity index (χ3n) is 2.86. The molecule has 21 heavy (non-hydrogen) atoms. The lowest BCUT2D eigenvalue weighted by Crippen LogP contribution is -2.15. The van der Waals surface area contributed by atoms with Gasteiger partial charge in [0, 0.05) is 6.42 Å². The van der Waals surface area contributed by atoms with Gasteiger partial charge in [0.1, 0.15) is 0 Å². The van der Waals surface area contributed by atoms with E-state index in [1.165, 1.54) is 0 Å². The number of carboxylic acids is 1. The van der Waals surface area contributed by atoms with Crippen LogP contribution in [0.4, 0.5) is 18.9 Å². The maximum absolute atomic E-state index is 12.6. The largest absolute Gasteiger partial charge is 0.478 e. The lowest BCUT2D eigenvalue weighted by atomic mass is 10.1. The van der Waals surface area contributed by atoms with E-state index in [1.807, 2.05) is 6.92 Å². The van der Waals surface area contributed by atoms with E-state index >= 15 is 0 Å². The van der Waals surface area contributed by atoms with Crippen molar-refractivity contribution in [3.05, 3.63) is 29.3 Å². The van der Waals surface area contributed by atoms with Gasteiger partial charge >= 0.3 is 12.1 Å². The topological polar surface area (TPSA) is 66.4 Å². The molecule has 1 amide bonds. The molecule has 0 aliphatic carbocycles. The standard InChI is InChI=1S/C14H16F3NO3/c1-2-3-4-5-12(19)18-11-7-6-9(14(15,16)17)8-10(11)13(20)21/h6-8H,2-5H2,1H3,(H,18,19)(H,20,21). The molecule has 0 fully saturated rings. The number of halogens is 3. The Labute approximate surface area is 120 Å². The van der Waals surface area contributed by atoms with Crippen LogP contribution in [0.3, 0.4) is 0 Å². The second-order valence-electron chi connectivity index (χ2n) is 4.57. The predicted octanol–water partition coefficient (Wildman–Crippen LogP) is 3.92. The van der Waals surface area contributed by atoms with Crippen molar-refractivity contribution < 1.29 is 27.9 Å². The molecule has 0 radical (unpaired) electrons. The quantitative estimate of drug-likeness (QED) is 0.783. The average Bonchev–Trinajstić information content (AvgIpc) is 2.37. The van der Waals surface area contributed by atoms with Crippen LogP contribution in [0.25, 0.3) is 0 Å². The van der Waals surface area contributed by atoms with E-state index in [-0.39, 0.29) is 12.1 Å². The number of benzene rings is 1. The molecule has 1 rings (SSSR count). The zero-order valence-electron chi connectivity index (χ0n) is 11.5. The predicted molar refractivity (Wildman–Crippen MR) is 71.2 cm³/mol. The minimum absolute atomic E-state index is 0.128. The Hall–Kier alpha value is -2.05. The summed E-state index contributed by atoms with van der Waals surface area (Å²) in [5.74, 6) is -1.93. The molecular weight excluding hydrogens is 287 g/mol. The highest BCUT2D eigenvalue weighted by Gasteiger charge is 2.31. The van der Waals surface area contributed by atoms with Gasteiger partial charge in [0.05, 0.1) is 16.8 Å². The number of anilines is 1. The number of aromatic carboxylic acids is 1. The highest BCUT2D eigenvalue weighted by atomic mass is 19.4. The first-order valence-electron chi connectivity index (χ1n) is 6.50. The van der Waals surface area contributed by atoms with Gasteiger partial charge in [-0.15, -0.1) is 0 Å². The molecule has 1 aromatic carbocycles. The second kappa shape index (κ2) is 7.10. The van der Waals surface area contributed by atoms with Crippen molar-refractivity contribution in [2.24, 2.45) is 0 Å². The zero-order valence-corrected chi connectivity index (χ0v) is 11.5. The van der Waals surface area contributed by atoms with E-state index in [9.17, 15) is 22.8 Å². The molecule has 0 unspecified atom stereocenters. The Kier molecular flexibility index (Phi) is 5.75. The average molecular weight is 303 g/mol. The summed E-state index contributed by atoms with van der Waals surface area (Å²) in [6, 6.07) is 2.22. The fourth-order valence-corrected chi connectivity index (χ4v) is 1.75. The number of amides is 1. The third kappa shape index (κ3) is 5.09. The summed E-state index contributed by atoms with van der Waals surface area (Å²) in [4.78, 5) is 22.6. The first-order chi connectivity index (χ1) is 9.75. The van der Waals surface area contributed by atoms with Gasteiger partial charge < -0.3 is 10.4 Å². The van der Waals surface area contributed by atoms with Crippen LogP contribution < -0.4 is 5.32 Å². The van der Waals surface area contributed by atoms with Crippen LogP contribution >= 0.6 is 0 Å². The van der Waals surface area contributed by atoms with Crippen molar-refractivity contribution in [2.75, 3.05) is 5.32 Å². The lowest BCUT2D eigenvalue weighted by molar-refractivity contribution is -0.137. The fourth-order valence-electron chi connectivity index (χ4n) is 1.75. The van der Waals surface area contributed by atoms with Gasteiger partial charge in [0.2, 0.25) is 5.91 Å². The van der Waals surface area contributed by atoms with Gasteiger partial charge in [-0.25, -0.2) is 4.79 Å². The highest BCUT2D eigenvalue weighted by molar-refractivity contribution is 6.00. The number of rotatable bonds is 6. The van der Waals surface area contributed by atoms with Crippen molar-refractivity contribution in [3.63, 3.8) is 0 Å². The van der Waals surface area contributed by atoms with Crippen molar-refractivity contribution in [2.45, 2.75) is 38.8 Å². The Morgan fingerprint density at radius 1 is 1.24 bits per heavy atom. The maximum atomic E-state index is 12.6. The number of carboxylic acid groups (broad SMARTS) is 1. The number of hydrogen-bond acceptors (Lipinski definition) is 2. The summed E-state index contributed by atoms with van der Waals surface area (Å²) in [6.07, 6.45) is -2.01. The smallest absolute Gasteiger partial charge is 0.416 e. The molecule has 1 aromatic rings. The van der Waals surface area contributed by atoms with Crippen molar-refractivity contribution in [1.82, 2.24) is 0 Å². The zero-order chi connectivity index (χ0) is 16.0. The van der Waals surface area contributed by atoms with Crippen molar-refractivity contribution in [1.29, 1.82) is 0 Å². The van der Waals surface area contributed by atoms with Crippen molar-refractivity contribution in [3.8, 4) is 0 Å². The Morgan fingerprint density at radius 3 is 2.43 bits per heavy atom. The molecule has 2 N–H and O–H groups in total. The Morgan fingerprint density at radius 2 is 1.90 bits per heavy atom. The van der Waals surface area contributed by atoms with E-state index in [1.54, 1.807) is 0 Å². The van der Waals surface area contributed by atoms with Crippen molar-refractivity contribution >= 4 is 17.6 Å². The highest BCUT2D eigenvalue weighted by Crippen LogP contribution is 2.32. The van der Waals surface area contributed by atoms with Gasteiger partial charge in [-0.1, -0.05) is 19.8 Å². The summed E-state index contributed by atoms with van der Waals surface area (Å²) in [7, 11) is 0. The van der Waals surface area contributed by atoms with Crippen LogP contribution in [0.1, 0.15) is 48.5 Å². The molecule has 116 valence electrons. The minimum atomic E-state index is -4.63. The van der Waals surface area contributed by atoms with E-state index < -0.39 is 29.2 Å². The molecule has 0 bridgehead atoms. The SMILES string of the molecule is CCCCCC(=O)Nc1ccc(C(F)(F)F)cc1C(=O)O. The first-order valence-corrected chi connectivity index (χ1v) is 6.50. The number of carbonyl (C=O) groups excluding carboxylic acids is 1. The summed E-state index contributed by atoms with van der Waals surface area (Å²) in [6.45, 7) is 1.97. The van der Waals surface area contributed by atoms with E-state index in [4.69, 9.17) is 5.11 Å². The Balaban J connectivity index is 2.92. The molecule has 0 saturated carbocycles. The summed E-state index contributed by atoms with van der Waals surface area (Å²) < 4.78 is 37.7. The van der Waals surface area contributed by atoms with Crippen LogP contribution in [0.5, 0.6) is 0 Å². The van der Waals surface area contributed by atoms with Crippen LogP contribution in [0.2, 0.25) is 0 Å². The van der Waals surface area contributed by atoms with E-state index in [0.29, 0.717) is 12.5 Å². The summed E-state index contributed by atoms with van der Waals surface area (Å²) >= 11 is 0. The van der Waals surface area contributed by atoms with E-state index in [0.717, 1.165) is 25.0 Å². The normalized spacial score (nSPS) is 11.2. The number of carbonyl (C=O) groups is 2. The second-order valence-corrected chi connectivity index (χ2v) is 4.57. The number of unbranched alkanes of at least 4 members (excludes halogenated alkanes) is 2. The minimum Gasteiger partial charge on any atom is -0.478 e. The van der Waals surface area contributed by atoms with Crippen LogP contribution in [-0.4, -0.2) is 17.0 Å². The van der Waals surface area contributed by atoms with Crippen LogP contribution in [-0.2, 0) is 11.0 Å². The molecule has 0 atom stereocenters. The first kappa shape index (κ1) is 17.0. The number of nitrogens with one attached hydrogen (secondary N) is 1. The molecule has 4 nitrogen and oxygen atoms in total. The molecular formula is C14H16F3NO3. The van der Waals surface area contributed by atoms with E-state index in [2.05, 4.69) is 5.32 Å². The number of alkyl halides is 3. The molecule has 0 aliphatic heterocycles. The van der Waals surface area contributed by atoms with Crippen LogP contribution in [0.15, 0.2) is 18.2 Å². The molecule has 0 aromatic heterocycles. The van der Waals surface area contributed by atoms with Gasteiger partial charge in [0.25, 0.3) is 0 Å². The summed E-state index contributed by atoms with van der Waals surface area (Å²) in [5.41, 5.74) is -1.77. The summed E-state index contributed by atoms with van der Waals surface area (Å²) in [5, 5.41) is 11.3. The number of hydrogen-bond donors (Lipinski definition) is 2. The molecule has 7 heteroatoms. The fraction of sp³-hybridized carbons (Fsp3) is 0.429. The maximum Gasteiger partial charge on any atom is 0.416 e. The van der Waals surface area contributed by atoms with Gasteiger partial charge in [-0.05, 0) is 24.6 Å². The van der Waals surface area contributed by atoms with Gasteiger partial charge in [-0.3, -0.25) is 4.79 Å².